The Morgan fingerprint density at radius 1 is 1.17 bits per heavy atom. The van der Waals surface area contributed by atoms with Crippen LogP contribution in [0.25, 0.3) is 10.8 Å². The Kier molecular flexibility index (Phi) is 3.92. The molecule has 0 spiro atoms. The summed E-state index contributed by atoms with van der Waals surface area (Å²) in [5.41, 5.74) is 5.17. The van der Waals surface area contributed by atoms with Gasteiger partial charge in [-0.15, -0.1) is 34.5 Å². The van der Waals surface area contributed by atoms with E-state index in [-0.39, 0.29) is 25.8 Å². The van der Waals surface area contributed by atoms with Crippen LogP contribution in [0.3, 0.4) is 0 Å². The minimum atomic E-state index is 0. The molecule has 0 saturated heterocycles. The Balaban J connectivity index is 0.00000120. The molecule has 18 heavy (non-hydrogen) atoms. The molecule has 0 nitrogen and oxygen atoms in total. The van der Waals surface area contributed by atoms with Crippen molar-refractivity contribution in [3.05, 3.63) is 41.0 Å². The van der Waals surface area contributed by atoms with Crippen LogP contribution in [-0.4, -0.2) is 0 Å². The van der Waals surface area contributed by atoms with Crippen LogP contribution in [0.4, 0.5) is 0 Å². The van der Waals surface area contributed by atoms with Gasteiger partial charge < -0.3 is 0 Å². The van der Waals surface area contributed by atoms with E-state index in [0.717, 1.165) is 0 Å². The molecule has 1 heteroatoms. The maximum absolute atomic E-state index is 2.46. The summed E-state index contributed by atoms with van der Waals surface area (Å²) in [4.78, 5) is 0. The number of rotatable bonds is 2. The van der Waals surface area contributed by atoms with Crippen molar-refractivity contribution in [2.24, 2.45) is 5.41 Å². The van der Waals surface area contributed by atoms with Crippen molar-refractivity contribution in [1.29, 1.82) is 0 Å². The molecule has 0 N–H and O–H groups in total. The predicted octanol–water partition coefficient (Wildman–Crippen LogP) is 4.63. The first-order chi connectivity index (χ1) is 8.09. The van der Waals surface area contributed by atoms with Gasteiger partial charge in [0, 0.05) is 25.8 Å². The van der Waals surface area contributed by atoms with Crippen LogP contribution in [0, 0.1) is 5.41 Å². The maximum Gasteiger partial charge on any atom is 0 e. The molecule has 0 heterocycles. The van der Waals surface area contributed by atoms with Crippen LogP contribution >= 0.6 is 0 Å². The Morgan fingerprint density at radius 2 is 1.83 bits per heavy atom. The van der Waals surface area contributed by atoms with E-state index in [1.807, 2.05) is 0 Å². The molecule has 0 unspecified atom stereocenters. The molecule has 2 aromatic rings. The first kappa shape index (κ1) is 14.1. The number of hydrogen-bond acceptors (Lipinski definition) is 0. The average molecular weight is 404 g/mol. The first-order valence-corrected chi connectivity index (χ1v) is 6.79. The van der Waals surface area contributed by atoms with Gasteiger partial charge in [0.05, 0.1) is 0 Å². The van der Waals surface area contributed by atoms with Gasteiger partial charge in [-0.25, -0.2) is 0 Å². The smallest absolute Gasteiger partial charge is 0 e. The van der Waals surface area contributed by atoms with E-state index < -0.39 is 0 Å². The first-order valence-electron chi connectivity index (χ1n) is 6.79. The third-order valence-electron chi connectivity index (χ3n) is 4.04. The summed E-state index contributed by atoms with van der Waals surface area (Å²) in [6.07, 6.45) is 4.94. The molecule has 0 amide bonds. The van der Waals surface area contributed by atoms with E-state index in [1.54, 1.807) is 11.1 Å². The van der Waals surface area contributed by atoms with Crippen LogP contribution in [0.1, 0.15) is 43.9 Å². The zero-order valence-electron chi connectivity index (χ0n) is 11.6. The van der Waals surface area contributed by atoms with Crippen molar-refractivity contribution >= 4 is 10.8 Å². The van der Waals surface area contributed by atoms with Gasteiger partial charge in [0.15, 0.2) is 0 Å². The fourth-order valence-electron chi connectivity index (χ4n) is 3.31. The number of hydrogen-bond donors (Lipinski definition) is 0. The van der Waals surface area contributed by atoms with Crippen LogP contribution < -0.4 is 0 Å². The summed E-state index contributed by atoms with van der Waals surface area (Å²) >= 11 is 0. The molecular weight excluding hydrogens is 383 g/mol. The van der Waals surface area contributed by atoms with E-state index in [2.05, 4.69) is 45.0 Å². The van der Waals surface area contributed by atoms with Crippen LogP contribution in [0.5, 0.6) is 0 Å². The van der Waals surface area contributed by atoms with Gasteiger partial charge in [0.25, 0.3) is 0 Å². The van der Waals surface area contributed by atoms with Crippen LogP contribution in [0.2, 0.25) is 0 Å². The van der Waals surface area contributed by atoms with Gasteiger partial charge in [-0.1, -0.05) is 44.7 Å². The van der Waals surface area contributed by atoms with Crippen molar-refractivity contribution in [2.75, 3.05) is 0 Å². The van der Waals surface area contributed by atoms with Gasteiger partial charge >= 0.3 is 0 Å². The molecule has 94 valence electrons. The fourth-order valence-corrected chi connectivity index (χ4v) is 3.31. The molecule has 0 radical (unpaired) electrons. The summed E-state index contributed by atoms with van der Waals surface area (Å²) in [6, 6.07) is 9.50. The van der Waals surface area contributed by atoms with E-state index in [9.17, 15) is 0 Å². The fraction of sp³-hybridized carbons (Fsp3) is 0.471. The monoisotopic (exact) mass is 405 g/mol. The molecule has 0 fully saturated rings. The molecule has 1 aliphatic carbocycles. The Hall–Kier alpha value is -0.300. The van der Waals surface area contributed by atoms with Crippen molar-refractivity contribution < 1.29 is 25.8 Å². The second kappa shape index (κ2) is 5.00. The third-order valence-corrected chi connectivity index (χ3v) is 4.04. The van der Waals surface area contributed by atoms with Crippen molar-refractivity contribution in [1.82, 2.24) is 0 Å². The van der Waals surface area contributed by atoms with E-state index >= 15 is 0 Å². The Morgan fingerprint density at radius 3 is 2.50 bits per heavy atom. The number of benzene rings is 1. The molecule has 0 bridgehead atoms. The summed E-state index contributed by atoms with van der Waals surface area (Å²) in [6.45, 7) is 7.02. The average Bonchev–Trinajstić information content (AvgIpc) is 2.74. The Bertz CT molecular complexity index is 560. The van der Waals surface area contributed by atoms with Gasteiger partial charge in [0.2, 0.25) is 0 Å². The van der Waals surface area contributed by atoms with Crippen molar-refractivity contribution in [2.45, 2.75) is 46.5 Å². The molecule has 1 aliphatic rings. The van der Waals surface area contributed by atoms with E-state index in [0.29, 0.717) is 5.41 Å². The molecule has 2 aromatic carbocycles. The van der Waals surface area contributed by atoms with Crippen molar-refractivity contribution in [3.8, 4) is 0 Å². The number of aryl methyl sites for hydroxylation is 1. The van der Waals surface area contributed by atoms with E-state index in [1.165, 1.54) is 42.0 Å². The zero-order valence-corrected chi connectivity index (χ0v) is 15.2. The molecular formula is C17H21Hf-. The minimum absolute atomic E-state index is 0. The predicted molar refractivity (Wildman–Crippen MR) is 74.7 cm³/mol. The van der Waals surface area contributed by atoms with Gasteiger partial charge in [-0.05, 0) is 18.3 Å². The van der Waals surface area contributed by atoms with Gasteiger partial charge in [0.1, 0.15) is 0 Å². The minimum Gasteiger partial charge on any atom is -0.168 e. The van der Waals surface area contributed by atoms with Crippen LogP contribution in [-0.2, 0) is 45.1 Å². The largest absolute Gasteiger partial charge is 0.168 e. The maximum atomic E-state index is 2.46. The topological polar surface area (TPSA) is 0 Å². The normalized spacial score (nSPS) is 16.6. The summed E-state index contributed by atoms with van der Waals surface area (Å²) in [5.74, 6) is 0. The second-order valence-corrected chi connectivity index (χ2v) is 6.33. The molecule has 0 atom stereocenters. The Labute approximate surface area is 129 Å². The zero-order chi connectivity index (χ0) is 12.0. The van der Waals surface area contributed by atoms with Gasteiger partial charge in [-0.2, -0.15) is 6.07 Å². The SMILES string of the molecule is CCC[c-]1ccc2cc3c(cc21)CC(C)(C)C3.[Hf]. The quantitative estimate of drug-likeness (QED) is 0.506. The molecule has 0 aromatic heterocycles. The second-order valence-electron chi connectivity index (χ2n) is 6.33. The number of fused-ring (bicyclic) bond motifs is 2. The molecule has 0 saturated carbocycles. The summed E-state index contributed by atoms with van der Waals surface area (Å²) < 4.78 is 0. The molecule has 3 rings (SSSR count). The standard InChI is InChI=1S/C17H21.Hf/c1-4-5-12-6-7-13-8-14-10-17(2,3)11-15(14)9-16(12)13;/h6-9H,4-5,10-11H2,1-3H3;/q-1;. The third kappa shape index (κ3) is 2.39. The summed E-state index contributed by atoms with van der Waals surface area (Å²) in [5, 5.41) is 2.95. The van der Waals surface area contributed by atoms with E-state index in [4.69, 9.17) is 0 Å². The molecule has 0 aliphatic heterocycles. The van der Waals surface area contributed by atoms with Crippen molar-refractivity contribution in [3.63, 3.8) is 0 Å². The summed E-state index contributed by atoms with van der Waals surface area (Å²) in [7, 11) is 0. The van der Waals surface area contributed by atoms with Crippen LogP contribution in [0.15, 0.2) is 24.3 Å². The van der Waals surface area contributed by atoms with Gasteiger partial charge in [-0.3, -0.25) is 0 Å².